The fraction of sp³-hybridized carbons (Fsp3) is 0.400. The van der Waals surface area contributed by atoms with Crippen LogP contribution in [-0.4, -0.2) is 17.9 Å². The molecule has 3 heteroatoms. The average Bonchev–Trinajstić information content (AvgIpc) is 2.17. The van der Waals surface area contributed by atoms with E-state index in [0.29, 0.717) is 11.6 Å². The summed E-state index contributed by atoms with van der Waals surface area (Å²) in [5, 5.41) is 2.55. The zero-order valence-electron chi connectivity index (χ0n) is 8.16. The highest BCUT2D eigenvalue weighted by Crippen LogP contribution is 2.13. The first-order valence-electron chi connectivity index (χ1n) is 4.33. The van der Waals surface area contributed by atoms with Gasteiger partial charge in [0, 0.05) is 13.2 Å². The lowest BCUT2D eigenvalue weighted by Gasteiger charge is -2.05. The molecule has 0 unspecified atom stereocenters. The molecule has 0 spiro atoms. The van der Waals surface area contributed by atoms with E-state index in [1.165, 1.54) is 0 Å². The smallest absolute Gasteiger partial charge is 0.269 e. The SMILES string of the molecule is CNC(=O)c1cc(C(C)C)ccn1. The molecule has 1 amide bonds. The molecule has 0 radical (unpaired) electrons. The highest BCUT2D eigenvalue weighted by atomic mass is 16.1. The summed E-state index contributed by atoms with van der Waals surface area (Å²) >= 11 is 0. The van der Waals surface area contributed by atoms with Crippen molar-refractivity contribution in [3.8, 4) is 0 Å². The zero-order valence-corrected chi connectivity index (χ0v) is 8.16. The molecule has 1 heterocycles. The number of hydrogen-bond donors (Lipinski definition) is 1. The van der Waals surface area contributed by atoms with Crippen LogP contribution in [0.3, 0.4) is 0 Å². The number of aromatic nitrogens is 1. The topological polar surface area (TPSA) is 42.0 Å². The predicted molar refractivity (Wildman–Crippen MR) is 51.7 cm³/mol. The number of nitrogens with zero attached hydrogens (tertiary/aromatic N) is 1. The molecule has 1 aromatic heterocycles. The third kappa shape index (κ3) is 2.28. The highest BCUT2D eigenvalue weighted by Gasteiger charge is 2.06. The van der Waals surface area contributed by atoms with Crippen molar-refractivity contribution in [2.45, 2.75) is 19.8 Å². The maximum Gasteiger partial charge on any atom is 0.269 e. The molecule has 0 saturated heterocycles. The fourth-order valence-electron chi connectivity index (χ4n) is 1.06. The lowest BCUT2D eigenvalue weighted by molar-refractivity contribution is 0.0958. The van der Waals surface area contributed by atoms with Crippen LogP contribution in [0.2, 0.25) is 0 Å². The van der Waals surface area contributed by atoms with Crippen LogP contribution in [0.5, 0.6) is 0 Å². The van der Waals surface area contributed by atoms with E-state index in [0.717, 1.165) is 5.56 Å². The van der Waals surface area contributed by atoms with Gasteiger partial charge in [-0.25, -0.2) is 0 Å². The molecule has 3 nitrogen and oxygen atoms in total. The third-order valence-corrected chi connectivity index (χ3v) is 1.91. The maximum absolute atomic E-state index is 11.2. The molecule has 0 aliphatic rings. The molecule has 0 atom stereocenters. The van der Waals surface area contributed by atoms with Gasteiger partial charge < -0.3 is 5.32 Å². The standard InChI is InChI=1S/C10H14N2O/c1-7(2)8-4-5-12-9(6-8)10(13)11-3/h4-7H,1-3H3,(H,11,13). The zero-order chi connectivity index (χ0) is 9.84. The Morgan fingerprint density at radius 2 is 2.23 bits per heavy atom. The van der Waals surface area contributed by atoms with Gasteiger partial charge in [-0.1, -0.05) is 13.8 Å². The van der Waals surface area contributed by atoms with Crippen molar-refractivity contribution >= 4 is 5.91 Å². The van der Waals surface area contributed by atoms with E-state index >= 15 is 0 Å². The Morgan fingerprint density at radius 1 is 1.54 bits per heavy atom. The van der Waals surface area contributed by atoms with Crippen molar-refractivity contribution < 1.29 is 4.79 Å². The lowest BCUT2D eigenvalue weighted by atomic mass is 10.0. The molecule has 0 saturated carbocycles. The highest BCUT2D eigenvalue weighted by molar-refractivity contribution is 5.92. The number of carbonyl (C=O) groups excluding carboxylic acids is 1. The van der Waals surface area contributed by atoms with E-state index in [1.54, 1.807) is 13.2 Å². The number of pyridine rings is 1. The first-order valence-corrected chi connectivity index (χ1v) is 4.33. The predicted octanol–water partition coefficient (Wildman–Crippen LogP) is 1.56. The van der Waals surface area contributed by atoms with E-state index in [4.69, 9.17) is 0 Å². The normalized spacial score (nSPS) is 10.2. The summed E-state index contributed by atoms with van der Waals surface area (Å²) < 4.78 is 0. The van der Waals surface area contributed by atoms with Crippen LogP contribution in [-0.2, 0) is 0 Å². The molecule has 70 valence electrons. The minimum atomic E-state index is -0.137. The molecule has 0 aliphatic carbocycles. The molecule has 1 rings (SSSR count). The number of amides is 1. The van der Waals surface area contributed by atoms with E-state index in [-0.39, 0.29) is 5.91 Å². The number of nitrogens with one attached hydrogen (secondary N) is 1. The van der Waals surface area contributed by atoms with E-state index in [9.17, 15) is 4.79 Å². The van der Waals surface area contributed by atoms with Crippen molar-refractivity contribution in [1.29, 1.82) is 0 Å². The van der Waals surface area contributed by atoms with Gasteiger partial charge in [0.2, 0.25) is 0 Å². The summed E-state index contributed by atoms with van der Waals surface area (Å²) in [6, 6.07) is 3.75. The summed E-state index contributed by atoms with van der Waals surface area (Å²) in [5.74, 6) is 0.286. The van der Waals surface area contributed by atoms with Gasteiger partial charge in [-0.2, -0.15) is 0 Å². The third-order valence-electron chi connectivity index (χ3n) is 1.91. The molecule has 0 bridgehead atoms. The average molecular weight is 178 g/mol. The van der Waals surface area contributed by atoms with Crippen LogP contribution in [0.25, 0.3) is 0 Å². The summed E-state index contributed by atoms with van der Waals surface area (Å²) in [4.78, 5) is 15.2. The van der Waals surface area contributed by atoms with Gasteiger partial charge in [0.25, 0.3) is 5.91 Å². The van der Waals surface area contributed by atoms with Crippen molar-refractivity contribution in [3.05, 3.63) is 29.6 Å². The Kier molecular flexibility index (Phi) is 3.01. The van der Waals surface area contributed by atoms with Crippen molar-refractivity contribution in [1.82, 2.24) is 10.3 Å². The van der Waals surface area contributed by atoms with Gasteiger partial charge in [-0.15, -0.1) is 0 Å². The second-order valence-electron chi connectivity index (χ2n) is 3.21. The summed E-state index contributed by atoms with van der Waals surface area (Å²) in [6.45, 7) is 4.17. The molecule has 0 fully saturated rings. The Morgan fingerprint density at radius 3 is 2.77 bits per heavy atom. The lowest BCUT2D eigenvalue weighted by Crippen LogP contribution is -2.19. The second-order valence-corrected chi connectivity index (χ2v) is 3.21. The maximum atomic E-state index is 11.2. The van der Waals surface area contributed by atoms with Crippen LogP contribution in [0.1, 0.15) is 35.8 Å². The minimum Gasteiger partial charge on any atom is -0.354 e. The molecule has 0 aliphatic heterocycles. The largest absolute Gasteiger partial charge is 0.354 e. The molecule has 1 N–H and O–H groups in total. The molecule has 0 aromatic carbocycles. The van der Waals surface area contributed by atoms with Gasteiger partial charge in [0.15, 0.2) is 0 Å². The van der Waals surface area contributed by atoms with Gasteiger partial charge in [0.05, 0.1) is 0 Å². The first kappa shape index (κ1) is 9.71. The summed E-state index contributed by atoms with van der Waals surface area (Å²) in [7, 11) is 1.60. The van der Waals surface area contributed by atoms with Crippen LogP contribution in [0, 0.1) is 0 Å². The van der Waals surface area contributed by atoms with Crippen LogP contribution >= 0.6 is 0 Å². The Labute approximate surface area is 78.2 Å². The van der Waals surface area contributed by atoms with Crippen LogP contribution in [0.15, 0.2) is 18.3 Å². The summed E-state index contributed by atoms with van der Waals surface area (Å²) in [6.07, 6.45) is 1.67. The van der Waals surface area contributed by atoms with Crippen molar-refractivity contribution in [3.63, 3.8) is 0 Å². The van der Waals surface area contributed by atoms with Gasteiger partial charge >= 0.3 is 0 Å². The molecular weight excluding hydrogens is 164 g/mol. The number of carbonyl (C=O) groups is 1. The van der Waals surface area contributed by atoms with E-state index in [2.05, 4.69) is 24.1 Å². The van der Waals surface area contributed by atoms with Gasteiger partial charge in [-0.05, 0) is 23.6 Å². The Balaban J connectivity index is 2.98. The molecule has 13 heavy (non-hydrogen) atoms. The number of hydrogen-bond acceptors (Lipinski definition) is 2. The van der Waals surface area contributed by atoms with Gasteiger partial charge in [0.1, 0.15) is 5.69 Å². The quantitative estimate of drug-likeness (QED) is 0.746. The van der Waals surface area contributed by atoms with Gasteiger partial charge in [-0.3, -0.25) is 9.78 Å². The summed E-state index contributed by atoms with van der Waals surface area (Å²) in [5.41, 5.74) is 1.61. The first-order chi connectivity index (χ1) is 6.15. The van der Waals surface area contributed by atoms with Crippen LogP contribution < -0.4 is 5.32 Å². The second kappa shape index (κ2) is 4.03. The Hall–Kier alpha value is -1.38. The minimum absolute atomic E-state index is 0.137. The fourth-order valence-corrected chi connectivity index (χ4v) is 1.06. The van der Waals surface area contributed by atoms with E-state index < -0.39 is 0 Å². The Bertz CT molecular complexity index is 308. The number of rotatable bonds is 2. The van der Waals surface area contributed by atoms with E-state index in [1.807, 2.05) is 12.1 Å². The molecular formula is C10H14N2O. The monoisotopic (exact) mass is 178 g/mol. The van der Waals surface area contributed by atoms with Crippen LogP contribution in [0.4, 0.5) is 0 Å². The molecule has 1 aromatic rings. The van der Waals surface area contributed by atoms with Crippen molar-refractivity contribution in [2.24, 2.45) is 0 Å². The van der Waals surface area contributed by atoms with Crippen molar-refractivity contribution in [2.75, 3.05) is 7.05 Å².